The maximum Gasteiger partial charge on any atom is 0.460 e. The van der Waals surface area contributed by atoms with Crippen LogP contribution in [0.5, 0.6) is 11.5 Å². The minimum absolute atomic E-state index is 0.337. The van der Waals surface area contributed by atoms with E-state index in [-0.39, 0.29) is 0 Å². The van der Waals surface area contributed by atoms with Gasteiger partial charge in [0, 0.05) is 0 Å². The molecule has 10 heteroatoms. The number of ether oxygens (including phenoxy) is 5. The Balaban J connectivity index is 2.85. The first-order valence-electron chi connectivity index (χ1n) is 13.0. The van der Waals surface area contributed by atoms with Crippen LogP contribution in [-0.2, 0) is 20.6 Å². The Bertz CT molecular complexity index is 992. The molecule has 0 radical (unpaired) electrons. The largest absolute Gasteiger partial charge is 0.497 e. The summed E-state index contributed by atoms with van der Waals surface area (Å²) in [6.45, 7) is 13.9. The summed E-state index contributed by atoms with van der Waals surface area (Å²) in [4.78, 5) is 0. The van der Waals surface area contributed by atoms with Crippen LogP contribution in [0, 0.1) is 0 Å². The van der Waals surface area contributed by atoms with Gasteiger partial charge in [-0.15, -0.1) is 0 Å². The molecule has 0 aliphatic carbocycles. The second-order valence-electron chi connectivity index (χ2n) is 9.80. The molecule has 0 aliphatic rings. The monoisotopic (exact) mass is 605 g/mol. The number of methoxy groups -OCH3 is 1. The van der Waals surface area contributed by atoms with Gasteiger partial charge in [0.1, 0.15) is 11.5 Å². The summed E-state index contributed by atoms with van der Waals surface area (Å²) in [5.74, 6) is 0.808. The predicted molar refractivity (Wildman–Crippen MR) is 160 cm³/mol. The lowest BCUT2D eigenvalue weighted by Gasteiger charge is -2.36. The molecule has 1 atom stereocenters. The summed E-state index contributed by atoms with van der Waals surface area (Å²) in [6.07, 6.45) is -0.239. The predicted octanol–water partition coefficient (Wildman–Crippen LogP) is 6.73. The van der Waals surface area contributed by atoms with Crippen LogP contribution in [-0.4, -0.2) is 51.5 Å². The van der Waals surface area contributed by atoms with Gasteiger partial charge in [-0.3, -0.25) is 14.2 Å². The molecule has 0 saturated carbocycles. The summed E-state index contributed by atoms with van der Waals surface area (Å²) < 4.78 is 27.8. The minimum Gasteiger partial charge on any atom is -0.497 e. The van der Waals surface area contributed by atoms with Crippen molar-refractivity contribution in [3.63, 3.8) is 0 Å². The van der Waals surface area contributed by atoms with E-state index in [0.29, 0.717) is 38.5 Å². The smallest absolute Gasteiger partial charge is 0.460 e. The van der Waals surface area contributed by atoms with Gasteiger partial charge in [-0.25, -0.2) is 0 Å². The quantitative estimate of drug-likeness (QED) is 0.138. The molecule has 0 heterocycles. The first kappa shape index (κ1) is 33.2. The average molecular weight is 607 g/mol. The molecule has 214 valence electrons. The van der Waals surface area contributed by atoms with Crippen molar-refractivity contribution in [3.8, 4) is 11.5 Å². The van der Waals surface area contributed by atoms with Crippen molar-refractivity contribution in [2.45, 2.75) is 69.1 Å². The highest BCUT2D eigenvalue weighted by atomic mass is 35.6. The van der Waals surface area contributed by atoms with E-state index in [1.807, 2.05) is 57.2 Å². The molecule has 2 aromatic rings. The number of benzene rings is 2. The molecule has 38 heavy (non-hydrogen) atoms. The first-order chi connectivity index (χ1) is 17.9. The Kier molecular flexibility index (Phi) is 12.7. The van der Waals surface area contributed by atoms with Gasteiger partial charge in [-0.2, -0.15) is 0 Å². The SMILES string of the molecule is CCOC(OCC)(OCC)Oc1ccc(C(c2ccc(OC)cc2)C(Cl)(Cl)Cl)c([Si](C)(C)C)c1CCCN. The Hall–Kier alpha value is -1.03. The van der Waals surface area contributed by atoms with Crippen LogP contribution in [0.1, 0.15) is 49.8 Å². The summed E-state index contributed by atoms with van der Waals surface area (Å²) >= 11 is 20.1. The molecule has 6 nitrogen and oxygen atoms in total. The average Bonchev–Trinajstić information content (AvgIpc) is 2.83. The Morgan fingerprint density at radius 1 is 0.868 bits per heavy atom. The number of nitrogens with two attached hydrogens (primary N) is 1. The molecule has 0 aliphatic heterocycles. The van der Waals surface area contributed by atoms with Gasteiger partial charge >= 0.3 is 6.16 Å². The fourth-order valence-electron chi connectivity index (χ4n) is 4.62. The zero-order valence-corrected chi connectivity index (χ0v) is 26.8. The molecule has 0 bridgehead atoms. The Morgan fingerprint density at radius 3 is 1.84 bits per heavy atom. The van der Waals surface area contributed by atoms with E-state index in [4.69, 9.17) is 64.2 Å². The lowest BCUT2D eigenvalue weighted by molar-refractivity contribution is -0.467. The third kappa shape index (κ3) is 8.48. The summed E-state index contributed by atoms with van der Waals surface area (Å²) in [5.41, 5.74) is 8.78. The molecule has 0 amide bonds. The Labute approximate surface area is 244 Å². The van der Waals surface area contributed by atoms with Gasteiger partial charge in [0.2, 0.25) is 3.79 Å². The minimum atomic E-state index is -2.07. The van der Waals surface area contributed by atoms with Crippen molar-refractivity contribution in [1.82, 2.24) is 0 Å². The molecule has 1 unspecified atom stereocenters. The lowest BCUT2D eigenvalue weighted by Crippen LogP contribution is -2.48. The van der Waals surface area contributed by atoms with Crippen molar-refractivity contribution in [3.05, 3.63) is 53.1 Å². The van der Waals surface area contributed by atoms with Gasteiger partial charge in [0.25, 0.3) is 0 Å². The number of hydrogen-bond acceptors (Lipinski definition) is 6. The van der Waals surface area contributed by atoms with Crippen LogP contribution in [0.4, 0.5) is 0 Å². The molecule has 0 fully saturated rings. The number of halogens is 3. The summed E-state index contributed by atoms with van der Waals surface area (Å²) in [6, 6.07) is 11.5. The first-order valence-corrected chi connectivity index (χ1v) is 17.7. The van der Waals surface area contributed by atoms with Gasteiger partial charge in [-0.05, 0) is 80.2 Å². The lowest BCUT2D eigenvalue weighted by atomic mass is 9.90. The molecule has 0 aromatic heterocycles. The zero-order chi connectivity index (χ0) is 28.6. The topological polar surface area (TPSA) is 72.2 Å². The maximum atomic E-state index is 6.69. The molecule has 0 spiro atoms. The second-order valence-corrected chi connectivity index (χ2v) is 17.2. The van der Waals surface area contributed by atoms with E-state index in [2.05, 4.69) is 19.6 Å². The third-order valence-electron chi connectivity index (χ3n) is 5.97. The molecular weight excluding hydrogens is 565 g/mol. The Morgan fingerprint density at radius 2 is 1.42 bits per heavy atom. The fourth-order valence-corrected chi connectivity index (χ4v) is 7.59. The molecule has 0 saturated heterocycles. The van der Waals surface area contributed by atoms with Crippen molar-refractivity contribution >= 4 is 48.1 Å². The van der Waals surface area contributed by atoms with Gasteiger partial charge in [0.15, 0.2) is 0 Å². The summed E-state index contributed by atoms with van der Waals surface area (Å²) in [7, 11) is -0.446. The van der Waals surface area contributed by atoms with E-state index < -0.39 is 23.9 Å². The van der Waals surface area contributed by atoms with Crippen LogP contribution in [0.15, 0.2) is 36.4 Å². The standard InChI is InChI=1S/C28H42Cl3NO5Si/c1-8-34-28(35-9-2,36-10-3)37-24-18-17-23(26(38(5,6)7)22(24)12-11-19-32)25(27(29,30)31)20-13-15-21(33-4)16-14-20/h13-18,25H,8-12,19,32H2,1-7H3. The molecule has 2 rings (SSSR count). The highest BCUT2D eigenvalue weighted by Crippen LogP contribution is 2.47. The number of alkyl halides is 3. The number of rotatable bonds is 15. The number of hydrogen-bond donors (Lipinski definition) is 1. The van der Waals surface area contributed by atoms with Gasteiger partial charge in [0.05, 0.1) is 40.9 Å². The van der Waals surface area contributed by atoms with Crippen molar-refractivity contribution in [2.24, 2.45) is 5.73 Å². The van der Waals surface area contributed by atoms with E-state index in [0.717, 1.165) is 34.0 Å². The second kappa shape index (κ2) is 14.6. The maximum absolute atomic E-state index is 6.69. The van der Waals surface area contributed by atoms with Gasteiger partial charge < -0.3 is 15.2 Å². The van der Waals surface area contributed by atoms with Gasteiger partial charge in [-0.1, -0.05) is 72.6 Å². The fraction of sp³-hybridized carbons (Fsp3) is 0.571. The van der Waals surface area contributed by atoms with Crippen LogP contribution < -0.4 is 20.4 Å². The van der Waals surface area contributed by atoms with Crippen molar-refractivity contribution < 1.29 is 23.7 Å². The summed E-state index contributed by atoms with van der Waals surface area (Å²) in [5, 5.41) is 1.15. The van der Waals surface area contributed by atoms with Crippen molar-refractivity contribution in [2.75, 3.05) is 33.5 Å². The van der Waals surface area contributed by atoms with E-state index in [9.17, 15) is 0 Å². The van der Waals surface area contributed by atoms with Crippen LogP contribution in [0.3, 0.4) is 0 Å². The third-order valence-corrected chi connectivity index (χ3v) is 8.71. The highest BCUT2D eigenvalue weighted by Gasteiger charge is 2.42. The van der Waals surface area contributed by atoms with Crippen molar-refractivity contribution in [1.29, 1.82) is 0 Å². The molecule has 2 N–H and O–H groups in total. The molecular formula is C28H42Cl3NO5Si. The van der Waals surface area contributed by atoms with E-state index in [1.54, 1.807) is 7.11 Å². The van der Waals surface area contributed by atoms with Crippen LogP contribution in [0.25, 0.3) is 0 Å². The van der Waals surface area contributed by atoms with Crippen LogP contribution in [0.2, 0.25) is 19.6 Å². The van der Waals surface area contributed by atoms with E-state index >= 15 is 0 Å². The highest BCUT2D eigenvalue weighted by molar-refractivity contribution is 6.89. The van der Waals surface area contributed by atoms with E-state index in [1.165, 1.54) is 0 Å². The zero-order valence-electron chi connectivity index (χ0n) is 23.5. The van der Waals surface area contributed by atoms with Crippen LogP contribution >= 0.6 is 34.8 Å². The normalized spacial score (nSPS) is 13.4. The molecule has 2 aromatic carbocycles.